The van der Waals surface area contributed by atoms with E-state index < -0.39 is 0 Å². The minimum atomic E-state index is 1.08. The Morgan fingerprint density at radius 1 is 1.50 bits per heavy atom. The molecular formula is C6H8NO. The SMILES string of the molecule is C1=C2CC[C](C1)NO2. The molecule has 0 amide bonds. The van der Waals surface area contributed by atoms with Crippen LogP contribution < -0.4 is 5.48 Å². The van der Waals surface area contributed by atoms with Gasteiger partial charge >= 0.3 is 0 Å². The van der Waals surface area contributed by atoms with E-state index in [0.717, 1.165) is 18.6 Å². The first kappa shape index (κ1) is 4.39. The largest absolute Gasteiger partial charge is 0.413 e. The van der Waals surface area contributed by atoms with Crippen molar-refractivity contribution >= 4 is 0 Å². The summed E-state index contributed by atoms with van der Waals surface area (Å²) in [7, 11) is 0. The highest BCUT2D eigenvalue weighted by Gasteiger charge is 2.21. The van der Waals surface area contributed by atoms with Crippen molar-refractivity contribution in [1.82, 2.24) is 5.48 Å². The summed E-state index contributed by atoms with van der Waals surface area (Å²) in [6, 6.07) is 1.32. The van der Waals surface area contributed by atoms with Crippen molar-refractivity contribution in [1.29, 1.82) is 0 Å². The zero-order valence-corrected chi connectivity index (χ0v) is 4.61. The van der Waals surface area contributed by atoms with Gasteiger partial charge in [-0.05, 0) is 18.9 Å². The summed E-state index contributed by atoms with van der Waals surface area (Å²) >= 11 is 0. The molecule has 1 radical (unpaired) electrons. The van der Waals surface area contributed by atoms with Crippen molar-refractivity contribution in [2.75, 3.05) is 0 Å². The molecule has 43 valence electrons. The normalized spacial score (nSPS) is 27.2. The molecule has 2 heteroatoms. The first-order chi connectivity index (χ1) is 3.95. The van der Waals surface area contributed by atoms with Crippen molar-refractivity contribution in [3.8, 4) is 0 Å². The van der Waals surface area contributed by atoms with Crippen LogP contribution in [-0.4, -0.2) is 0 Å². The molecule has 1 saturated heterocycles. The first-order valence-electron chi connectivity index (χ1n) is 2.92. The van der Waals surface area contributed by atoms with Gasteiger partial charge in [-0.2, -0.15) is 0 Å². The quantitative estimate of drug-likeness (QED) is 0.504. The Balaban J connectivity index is 2.22. The van der Waals surface area contributed by atoms with Crippen LogP contribution >= 0.6 is 0 Å². The molecule has 2 aliphatic heterocycles. The minimum absolute atomic E-state index is 1.08. The zero-order valence-electron chi connectivity index (χ0n) is 4.61. The maximum Gasteiger partial charge on any atom is 0.120 e. The number of hydrogen-bond acceptors (Lipinski definition) is 2. The van der Waals surface area contributed by atoms with Gasteiger partial charge in [-0.1, -0.05) is 0 Å². The summed E-state index contributed by atoms with van der Waals surface area (Å²) in [4.78, 5) is 5.05. The Labute approximate surface area is 48.5 Å². The van der Waals surface area contributed by atoms with Crippen molar-refractivity contribution in [3.63, 3.8) is 0 Å². The first-order valence-corrected chi connectivity index (χ1v) is 2.92. The van der Waals surface area contributed by atoms with Crippen LogP contribution in [0.3, 0.4) is 0 Å². The molecule has 0 spiro atoms. The number of nitrogens with one attached hydrogen (secondary N) is 1. The minimum Gasteiger partial charge on any atom is -0.413 e. The van der Waals surface area contributed by atoms with Crippen LogP contribution in [0.15, 0.2) is 11.8 Å². The summed E-state index contributed by atoms with van der Waals surface area (Å²) in [5, 5.41) is 0. The van der Waals surface area contributed by atoms with Crippen molar-refractivity contribution in [3.05, 3.63) is 17.9 Å². The Hall–Kier alpha value is -0.500. The average Bonchev–Trinajstić information content (AvgIpc) is 1.92. The fourth-order valence-electron chi connectivity index (χ4n) is 1.04. The smallest absolute Gasteiger partial charge is 0.120 e. The van der Waals surface area contributed by atoms with Gasteiger partial charge in [-0.15, -0.1) is 5.48 Å². The lowest BCUT2D eigenvalue weighted by Crippen LogP contribution is -2.29. The maximum atomic E-state index is 5.05. The van der Waals surface area contributed by atoms with Crippen LogP contribution in [0.1, 0.15) is 19.3 Å². The highest BCUT2D eigenvalue weighted by molar-refractivity contribution is 5.11. The van der Waals surface area contributed by atoms with Crippen molar-refractivity contribution in [2.24, 2.45) is 0 Å². The molecule has 1 N–H and O–H groups in total. The second-order valence-corrected chi connectivity index (χ2v) is 2.18. The van der Waals surface area contributed by atoms with Crippen LogP contribution in [0, 0.1) is 6.04 Å². The van der Waals surface area contributed by atoms with Crippen LogP contribution in [0.4, 0.5) is 0 Å². The topological polar surface area (TPSA) is 21.3 Å². The predicted octanol–water partition coefficient (Wildman–Crippen LogP) is 1.12. The second kappa shape index (κ2) is 1.49. The Kier molecular flexibility index (Phi) is 0.815. The van der Waals surface area contributed by atoms with Gasteiger partial charge in [0.1, 0.15) is 5.76 Å². The lowest BCUT2D eigenvalue weighted by molar-refractivity contribution is 0.0605. The number of hydroxylamine groups is 1. The second-order valence-electron chi connectivity index (χ2n) is 2.18. The van der Waals surface area contributed by atoms with E-state index in [9.17, 15) is 0 Å². The van der Waals surface area contributed by atoms with E-state index in [-0.39, 0.29) is 0 Å². The third kappa shape index (κ3) is 0.530. The zero-order chi connectivity index (χ0) is 5.40. The van der Waals surface area contributed by atoms with Crippen LogP contribution in [0.2, 0.25) is 0 Å². The van der Waals surface area contributed by atoms with Gasteiger partial charge in [0.15, 0.2) is 0 Å². The van der Waals surface area contributed by atoms with Crippen LogP contribution in [-0.2, 0) is 4.84 Å². The Bertz CT molecular complexity index is 120. The molecule has 1 fully saturated rings. The fraction of sp³-hybridized carbons (Fsp3) is 0.500. The fourth-order valence-corrected chi connectivity index (χ4v) is 1.04. The molecular weight excluding hydrogens is 102 g/mol. The third-order valence-electron chi connectivity index (χ3n) is 1.58. The van der Waals surface area contributed by atoms with Gasteiger partial charge in [-0.25, -0.2) is 0 Å². The molecule has 0 aromatic carbocycles. The van der Waals surface area contributed by atoms with Gasteiger partial charge in [-0.3, -0.25) is 0 Å². The molecule has 0 unspecified atom stereocenters. The maximum absolute atomic E-state index is 5.05. The highest BCUT2D eigenvalue weighted by Crippen LogP contribution is 2.28. The van der Waals surface area contributed by atoms with E-state index in [1.807, 2.05) is 0 Å². The number of allylic oxidation sites excluding steroid dienone is 1. The summed E-state index contributed by atoms with van der Waals surface area (Å²) in [6.45, 7) is 0. The summed E-state index contributed by atoms with van der Waals surface area (Å²) in [5.74, 6) is 1.11. The van der Waals surface area contributed by atoms with Crippen LogP contribution in [0.5, 0.6) is 0 Å². The number of hydrogen-bond donors (Lipinski definition) is 1. The average molecular weight is 110 g/mol. The van der Waals surface area contributed by atoms with Gasteiger partial charge in [0, 0.05) is 6.42 Å². The lowest BCUT2D eigenvalue weighted by Gasteiger charge is -2.28. The van der Waals surface area contributed by atoms with E-state index in [4.69, 9.17) is 4.84 Å². The van der Waals surface area contributed by atoms with Crippen LogP contribution in [0.25, 0.3) is 0 Å². The molecule has 1 aliphatic carbocycles. The van der Waals surface area contributed by atoms with Gasteiger partial charge < -0.3 is 4.84 Å². The van der Waals surface area contributed by atoms with Crippen molar-refractivity contribution < 1.29 is 4.84 Å². The third-order valence-corrected chi connectivity index (χ3v) is 1.58. The Morgan fingerprint density at radius 3 is 2.62 bits per heavy atom. The van der Waals surface area contributed by atoms with Gasteiger partial charge in [0.2, 0.25) is 0 Å². The molecule has 0 atom stereocenters. The molecule has 2 bridgehead atoms. The predicted molar refractivity (Wildman–Crippen MR) is 29.4 cm³/mol. The summed E-state index contributed by atoms with van der Waals surface area (Å²) < 4.78 is 0. The summed E-state index contributed by atoms with van der Waals surface area (Å²) in [5.41, 5.74) is 2.87. The molecule has 3 aliphatic rings. The molecule has 2 heterocycles. The Morgan fingerprint density at radius 2 is 2.50 bits per heavy atom. The summed E-state index contributed by atoms with van der Waals surface area (Å²) in [6.07, 6.45) is 5.48. The van der Waals surface area contributed by atoms with E-state index in [1.165, 1.54) is 12.5 Å². The van der Waals surface area contributed by atoms with E-state index in [1.54, 1.807) is 0 Å². The molecule has 2 nitrogen and oxygen atoms in total. The standard InChI is InChI=1S/C6H8NO/c1-3-6-4-2-5(1)7-8-6/h3,7H,1-2,4H2. The molecule has 8 heavy (non-hydrogen) atoms. The van der Waals surface area contributed by atoms with E-state index in [2.05, 4.69) is 11.6 Å². The van der Waals surface area contributed by atoms with E-state index in [0.29, 0.717) is 0 Å². The monoisotopic (exact) mass is 110 g/mol. The molecule has 0 aromatic rings. The molecule has 3 rings (SSSR count). The van der Waals surface area contributed by atoms with E-state index >= 15 is 0 Å². The molecule has 0 aromatic heterocycles. The highest BCUT2D eigenvalue weighted by atomic mass is 16.7. The number of fused-ring (bicyclic) bond motifs is 3. The van der Waals surface area contributed by atoms with Gasteiger partial charge in [0.25, 0.3) is 0 Å². The van der Waals surface area contributed by atoms with Gasteiger partial charge in [0.05, 0.1) is 6.04 Å². The lowest BCUT2D eigenvalue weighted by atomic mass is 10.0. The number of rotatable bonds is 0. The van der Waals surface area contributed by atoms with Crippen molar-refractivity contribution in [2.45, 2.75) is 19.3 Å². The molecule has 0 saturated carbocycles.